The zero-order valence-electron chi connectivity index (χ0n) is 23.3. The zero-order chi connectivity index (χ0) is 28.9. The lowest BCUT2D eigenvalue weighted by Crippen LogP contribution is -2.61. The van der Waals surface area contributed by atoms with Crippen molar-refractivity contribution < 1.29 is 34.1 Å². The van der Waals surface area contributed by atoms with Crippen LogP contribution in [-0.2, 0) is 19.9 Å². The highest BCUT2D eigenvalue weighted by Gasteiger charge is 2.50. The number of hydrogen-bond donors (Lipinski definition) is 4. The normalized spacial score (nSPS) is 20.9. The summed E-state index contributed by atoms with van der Waals surface area (Å²) in [7, 11) is 0. The van der Waals surface area contributed by atoms with E-state index in [-0.39, 0.29) is 25.0 Å². The minimum Gasteiger partial charge on any atom is -0.432 e. The highest BCUT2D eigenvalue weighted by atomic mass is 35.5. The Labute approximate surface area is 230 Å². The van der Waals surface area contributed by atoms with Crippen molar-refractivity contribution in [2.45, 2.75) is 78.2 Å². The first kappa shape index (κ1) is 31.7. The van der Waals surface area contributed by atoms with Crippen molar-refractivity contribution in [2.24, 2.45) is 11.3 Å². The number of benzene rings is 1. The molecule has 1 aromatic rings. The van der Waals surface area contributed by atoms with Gasteiger partial charge in [0.2, 0.25) is 5.91 Å². The second-order valence-electron chi connectivity index (χ2n) is 11.6. The summed E-state index contributed by atoms with van der Waals surface area (Å²) in [6.07, 6.45) is -1.45. The van der Waals surface area contributed by atoms with E-state index in [2.05, 4.69) is 10.6 Å². The molecule has 38 heavy (non-hydrogen) atoms. The van der Waals surface area contributed by atoms with Gasteiger partial charge in [-0.05, 0) is 50.8 Å². The number of aliphatic hydroxyl groups excluding tert-OH is 1. The maximum absolute atomic E-state index is 13.5. The number of piperidine rings is 1. The van der Waals surface area contributed by atoms with Crippen LogP contribution >= 0.6 is 11.6 Å². The number of ether oxygens (including phenoxy) is 2. The minimum atomic E-state index is -1.14. The standard InChI is InChI=1S/C27H42ClN3O7/c1-17(2)21(30-23(34)29-15-26(6,7)38-24(35)37-14-18(3)32)22(33)31-13-12-27(36,25(4,5)16-31)19-8-10-20(28)11-9-19/h8-11,17-18,21,32,36H,12-16H2,1-7H3,(H2,29,30,34)/t18?,21?,27-/m0/s1. The van der Waals surface area contributed by atoms with Crippen LogP contribution in [0.25, 0.3) is 0 Å². The summed E-state index contributed by atoms with van der Waals surface area (Å²) in [6.45, 7) is 12.6. The minimum absolute atomic E-state index is 0.0352. The van der Waals surface area contributed by atoms with Crippen molar-refractivity contribution in [1.82, 2.24) is 15.5 Å². The average molecular weight is 556 g/mol. The lowest BCUT2D eigenvalue weighted by Gasteiger charge is -2.51. The fraction of sp³-hybridized carbons (Fsp3) is 0.667. The molecule has 2 rings (SSSR count). The van der Waals surface area contributed by atoms with Crippen LogP contribution in [0.2, 0.25) is 5.02 Å². The van der Waals surface area contributed by atoms with Gasteiger partial charge in [0, 0.05) is 23.5 Å². The second kappa shape index (κ2) is 12.5. The van der Waals surface area contributed by atoms with Gasteiger partial charge < -0.3 is 35.2 Å². The maximum Gasteiger partial charge on any atom is 0.508 e. The molecule has 0 aliphatic carbocycles. The van der Waals surface area contributed by atoms with Gasteiger partial charge in [0.05, 0.1) is 18.2 Å². The maximum atomic E-state index is 13.5. The van der Waals surface area contributed by atoms with Crippen LogP contribution < -0.4 is 10.6 Å². The number of hydrogen-bond acceptors (Lipinski definition) is 7. The Morgan fingerprint density at radius 2 is 1.76 bits per heavy atom. The predicted octanol–water partition coefficient (Wildman–Crippen LogP) is 3.42. The number of carbonyl (C=O) groups excluding carboxylic acids is 3. The van der Waals surface area contributed by atoms with Crippen LogP contribution in [0.3, 0.4) is 0 Å². The van der Waals surface area contributed by atoms with E-state index in [0.29, 0.717) is 24.5 Å². The molecule has 0 saturated carbocycles. The van der Waals surface area contributed by atoms with Gasteiger partial charge in [-0.1, -0.05) is 51.4 Å². The molecule has 1 aliphatic rings. The van der Waals surface area contributed by atoms with Gasteiger partial charge >= 0.3 is 12.2 Å². The summed E-state index contributed by atoms with van der Waals surface area (Å²) >= 11 is 6.02. The first-order valence-corrected chi connectivity index (χ1v) is 13.2. The van der Waals surface area contributed by atoms with E-state index in [1.807, 2.05) is 39.8 Å². The molecule has 1 aliphatic heterocycles. The first-order chi connectivity index (χ1) is 17.5. The molecule has 1 saturated heterocycles. The largest absolute Gasteiger partial charge is 0.508 e. The van der Waals surface area contributed by atoms with Gasteiger partial charge in [-0.15, -0.1) is 0 Å². The third-order valence-electron chi connectivity index (χ3n) is 6.78. The van der Waals surface area contributed by atoms with Crippen molar-refractivity contribution in [3.05, 3.63) is 34.9 Å². The average Bonchev–Trinajstić information content (AvgIpc) is 2.81. The molecule has 0 radical (unpaired) electrons. The van der Waals surface area contributed by atoms with Crippen LogP contribution in [-0.4, -0.2) is 77.2 Å². The first-order valence-electron chi connectivity index (χ1n) is 12.8. The highest BCUT2D eigenvalue weighted by molar-refractivity contribution is 6.30. The van der Waals surface area contributed by atoms with Gasteiger partial charge in [-0.3, -0.25) is 4.79 Å². The number of halogens is 1. The SMILES string of the molecule is CC(O)COC(=O)OC(C)(C)CNC(=O)NC(C(=O)N1CC[C@](O)(c2ccc(Cl)cc2)C(C)(C)C1)C(C)C. The van der Waals surface area contributed by atoms with E-state index < -0.39 is 40.9 Å². The van der Waals surface area contributed by atoms with Gasteiger partial charge in [0.15, 0.2) is 0 Å². The fourth-order valence-electron chi connectivity index (χ4n) is 4.45. The number of amides is 3. The molecule has 10 nitrogen and oxygen atoms in total. The Morgan fingerprint density at radius 3 is 2.29 bits per heavy atom. The van der Waals surface area contributed by atoms with E-state index in [1.165, 1.54) is 6.92 Å². The number of nitrogens with zero attached hydrogens (tertiary/aromatic N) is 1. The predicted molar refractivity (Wildman–Crippen MR) is 144 cm³/mol. The number of likely N-dealkylation sites (tertiary alicyclic amines) is 1. The topological polar surface area (TPSA) is 137 Å². The number of urea groups is 1. The van der Waals surface area contributed by atoms with Gasteiger partial charge in [-0.25, -0.2) is 9.59 Å². The Hall–Kier alpha value is -2.56. The number of aliphatic hydroxyl groups is 2. The third kappa shape index (κ3) is 8.22. The lowest BCUT2D eigenvalue weighted by atomic mass is 9.66. The van der Waals surface area contributed by atoms with Gasteiger partial charge in [-0.2, -0.15) is 0 Å². The van der Waals surface area contributed by atoms with E-state index in [4.69, 9.17) is 21.1 Å². The van der Waals surface area contributed by atoms with E-state index in [9.17, 15) is 24.6 Å². The fourth-order valence-corrected chi connectivity index (χ4v) is 4.57. The van der Waals surface area contributed by atoms with Crippen LogP contribution in [0.1, 0.15) is 60.5 Å². The molecule has 0 bridgehead atoms. The molecule has 4 N–H and O–H groups in total. The molecule has 1 aromatic carbocycles. The number of nitrogens with one attached hydrogen (secondary N) is 2. The van der Waals surface area contributed by atoms with Crippen LogP contribution in [0.4, 0.5) is 9.59 Å². The highest BCUT2D eigenvalue weighted by Crippen LogP contribution is 2.46. The molecular formula is C27H42ClN3O7. The number of rotatable bonds is 9. The zero-order valence-corrected chi connectivity index (χ0v) is 24.1. The quantitative estimate of drug-likeness (QED) is 0.342. The summed E-state index contributed by atoms with van der Waals surface area (Å²) in [6, 6.07) is 5.72. The van der Waals surface area contributed by atoms with E-state index in [0.717, 1.165) is 5.56 Å². The lowest BCUT2D eigenvalue weighted by molar-refractivity contribution is -0.155. The van der Waals surface area contributed by atoms with Crippen LogP contribution in [0.5, 0.6) is 0 Å². The number of carbonyl (C=O) groups is 3. The van der Waals surface area contributed by atoms with Crippen molar-refractivity contribution >= 4 is 29.7 Å². The molecular weight excluding hydrogens is 514 g/mol. The summed E-state index contributed by atoms with van der Waals surface area (Å²) in [5.41, 5.74) is -2.15. The molecule has 3 atom stereocenters. The molecule has 11 heteroatoms. The van der Waals surface area contributed by atoms with Crippen molar-refractivity contribution in [3.8, 4) is 0 Å². The van der Waals surface area contributed by atoms with Gasteiger partial charge in [0.25, 0.3) is 0 Å². The third-order valence-corrected chi connectivity index (χ3v) is 7.03. The van der Waals surface area contributed by atoms with Crippen molar-refractivity contribution in [2.75, 3.05) is 26.2 Å². The summed E-state index contributed by atoms with van der Waals surface area (Å²) in [5.74, 6) is -0.438. The molecule has 0 spiro atoms. The van der Waals surface area contributed by atoms with Gasteiger partial charge in [0.1, 0.15) is 18.2 Å². The van der Waals surface area contributed by atoms with Crippen LogP contribution in [0, 0.1) is 11.3 Å². The van der Waals surface area contributed by atoms with Crippen molar-refractivity contribution in [1.29, 1.82) is 0 Å². The summed E-state index contributed by atoms with van der Waals surface area (Å²) in [5, 5.41) is 26.8. The summed E-state index contributed by atoms with van der Waals surface area (Å²) in [4.78, 5) is 39.7. The summed E-state index contributed by atoms with van der Waals surface area (Å²) < 4.78 is 9.99. The molecule has 214 valence electrons. The molecule has 1 heterocycles. The molecule has 0 aromatic heterocycles. The Bertz CT molecular complexity index is 981. The molecule has 3 amide bonds. The Morgan fingerprint density at radius 1 is 1.16 bits per heavy atom. The van der Waals surface area contributed by atoms with E-state index >= 15 is 0 Å². The van der Waals surface area contributed by atoms with Crippen molar-refractivity contribution in [3.63, 3.8) is 0 Å². The van der Waals surface area contributed by atoms with Crippen LogP contribution in [0.15, 0.2) is 24.3 Å². The van der Waals surface area contributed by atoms with E-state index in [1.54, 1.807) is 30.9 Å². The Kier molecular flexibility index (Phi) is 10.4. The Balaban J connectivity index is 2.00. The molecule has 1 fully saturated rings. The second-order valence-corrected chi connectivity index (χ2v) is 12.0. The monoisotopic (exact) mass is 555 g/mol. The smallest absolute Gasteiger partial charge is 0.432 e. The molecule has 2 unspecified atom stereocenters.